The molecule has 0 saturated carbocycles. The van der Waals surface area contributed by atoms with E-state index in [9.17, 15) is 4.79 Å². The van der Waals surface area contributed by atoms with Crippen LogP contribution in [0.3, 0.4) is 0 Å². The Morgan fingerprint density at radius 1 is 1.21 bits per heavy atom. The topological polar surface area (TPSA) is 53.9 Å². The number of hydrogen-bond acceptors (Lipinski definition) is 5. The van der Waals surface area contributed by atoms with Crippen molar-refractivity contribution < 1.29 is 9.53 Å². The van der Waals surface area contributed by atoms with Crippen LogP contribution in [-0.4, -0.2) is 30.2 Å². The van der Waals surface area contributed by atoms with Crippen LogP contribution in [0.4, 0.5) is 11.4 Å². The predicted molar refractivity (Wildman–Crippen MR) is 145 cm³/mol. The minimum Gasteiger partial charge on any atom is -0.375 e. The van der Waals surface area contributed by atoms with Gasteiger partial charge in [-0.05, 0) is 48.9 Å². The van der Waals surface area contributed by atoms with Gasteiger partial charge >= 0.3 is 0 Å². The van der Waals surface area contributed by atoms with Gasteiger partial charge in [0.15, 0.2) is 0 Å². The smallest absolute Gasteiger partial charge is 0.256 e. The van der Waals surface area contributed by atoms with Gasteiger partial charge < -0.3 is 15.0 Å². The molecule has 2 aromatic carbocycles. The summed E-state index contributed by atoms with van der Waals surface area (Å²) in [7, 11) is 0. The molecular formula is C28H31N3O2S. The summed E-state index contributed by atoms with van der Waals surface area (Å²) >= 11 is 1.58. The molecule has 34 heavy (non-hydrogen) atoms. The lowest BCUT2D eigenvalue weighted by Gasteiger charge is -2.20. The van der Waals surface area contributed by atoms with Crippen LogP contribution in [0.5, 0.6) is 0 Å². The van der Waals surface area contributed by atoms with E-state index >= 15 is 0 Å². The first-order valence-corrected chi connectivity index (χ1v) is 12.1. The average Bonchev–Trinajstić information content (AvgIpc) is 3.17. The lowest BCUT2D eigenvalue weighted by atomic mass is 10.1. The molecule has 0 atom stereocenters. The number of benzene rings is 2. The van der Waals surface area contributed by atoms with Crippen LogP contribution in [0.2, 0.25) is 0 Å². The summed E-state index contributed by atoms with van der Waals surface area (Å²) in [6, 6.07) is 15.5. The van der Waals surface area contributed by atoms with E-state index in [1.165, 1.54) is 6.21 Å². The molecule has 5 nitrogen and oxygen atoms in total. The Balaban J connectivity index is 1.74. The molecule has 6 heteroatoms. The summed E-state index contributed by atoms with van der Waals surface area (Å²) in [6.45, 7) is 15.4. The number of nitrogens with zero attached hydrogens (tertiary/aromatic N) is 2. The number of allylic oxidation sites excluding steroid dienone is 1. The number of anilines is 1. The molecule has 0 aliphatic carbocycles. The normalized spacial score (nSPS) is 14.0. The number of carbonyl (C=O) groups is 1. The van der Waals surface area contributed by atoms with Gasteiger partial charge in [-0.1, -0.05) is 68.2 Å². The average molecular weight is 474 g/mol. The maximum atomic E-state index is 12.8. The molecule has 3 rings (SSSR count). The fourth-order valence-corrected chi connectivity index (χ4v) is 4.04. The highest BCUT2D eigenvalue weighted by Crippen LogP contribution is 2.35. The van der Waals surface area contributed by atoms with Crippen LogP contribution in [0.25, 0.3) is 5.57 Å². The summed E-state index contributed by atoms with van der Waals surface area (Å²) < 4.78 is 5.72. The molecule has 176 valence electrons. The third kappa shape index (κ3) is 6.59. The molecule has 0 bridgehead atoms. The van der Waals surface area contributed by atoms with Crippen molar-refractivity contribution in [2.45, 2.75) is 27.2 Å². The molecule has 0 spiro atoms. The summed E-state index contributed by atoms with van der Waals surface area (Å²) in [5, 5.41) is 5.95. The van der Waals surface area contributed by atoms with E-state index in [0.717, 1.165) is 46.1 Å². The number of nitrogens with one attached hydrogen (secondary N) is 1. The minimum atomic E-state index is -0.299. The fraction of sp³-hybridized carbons (Fsp3) is 0.214. The highest BCUT2D eigenvalue weighted by molar-refractivity contribution is 8.06. The lowest BCUT2D eigenvalue weighted by molar-refractivity contribution is -0.112. The van der Waals surface area contributed by atoms with E-state index in [4.69, 9.17) is 4.74 Å². The number of hydrogen-bond donors (Lipinski definition) is 1. The van der Waals surface area contributed by atoms with E-state index in [1.54, 1.807) is 11.8 Å². The first-order chi connectivity index (χ1) is 16.4. The second-order valence-corrected chi connectivity index (χ2v) is 8.87. The molecule has 0 radical (unpaired) electrons. The number of carbonyl (C=O) groups excluding carboxylic acids is 1. The van der Waals surface area contributed by atoms with E-state index in [0.29, 0.717) is 12.3 Å². The Morgan fingerprint density at radius 2 is 1.94 bits per heavy atom. The molecular weight excluding hydrogens is 442 g/mol. The van der Waals surface area contributed by atoms with Gasteiger partial charge in [0.1, 0.15) is 0 Å². The Bertz CT molecular complexity index is 1160. The van der Waals surface area contributed by atoms with Crippen molar-refractivity contribution in [3.8, 4) is 0 Å². The molecule has 1 amide bonds. The van der Waals surface area contributed by atoms with E-state index in [2.05, 4.69) is 35.8 Å². The van der Waals surface area contributed by atoms with Gasteiger partial charge in [-0.15, -0.1) is 0 Å². The second-order valence-electron chi connectivity index (χ2n) is 7.93. The molecule has 1 aliphatic heterocycles. The number of ether oxygens (including phenoxy) is 1. The van der Waals surface area contributed by atoms with Crippen molar-refractivity contribution in [3.05, 3.63) is 101 Å². The standard InChI is InChI=1S/C28H31N3O2S/c1-6-15-33-18-24-19-34-23(5)31(24)17-22(4)25-12-8-10-14-27(25)30-28(32)21(3)16-29-26-13-9-7-11-20(26)2/h7-14,16-17,19H,3,5-6,15,18H2,1-2,4H3,(H,30,32)/b22-17+,29-16?. The van der Waals surface area contributed by atoms with Crippen LogP contribution >= 0.6 is 11.8 Å². The summed E-state index contributed by atoms with van der Waals surface area (Å²) in [5.41, 5.74) is 5.78. The lowest BCUT2D eigenvalue weighted by Crippen LogP contribution is -2.16. The van der Waals surface area contributed by atoms with Crippen molar-refractivity contribution in [1.29, 1.82) is 0 Å². The van der Waals surface area contributed by atoms with Gasteiger partial charge in [0.2, 0.25) is 0 Å². The van der Waals surface area contributed by atoms with Crippen molar-refractivity contribution in [2.24, 2.45) is 4.99 Å². The molecule has 0 aromatic heterocycles. The number of para-hydroxylation sites is 2. The fourth-order valence-electron chi connectivity index (χ4n) is 3.31. The zero-order valence-corrected chi connectivity index (χ0v) is 20.8. The van der Waals surface area contributed by atoms with Gasteiger partial charge in [-0.25, -0.2) is 0 Å². The summed E-state index contributed by atoms with van der Waals surface area (Å²) in [4.78, 5) is 19.3. The van der Waals surface area contributed by atoms with Crippen molar-refractivity contribution in [2.75, 3.05) is 18.5 Å². The third-order valence-corrected chi connectivity index (χ3v) is 6.06. The molecule has 1 heterocycles. The first-order valence-electron chi connectivity index (χ1n) is 11.2. The highest BCUT2D eigenvalue weighted by Gasteiger charge is 2.19. The first kappa shape index (κ1) is 25.3. The van der Waals surface area contributed by atoms with Crippen LogP contribution in [-0.2, 0) is 9.53 Å². The van der Waals surface area contributed by atoms with E-state index in [-0.39, 0.29) is 11.5 Å². The van der Waals surface area contributed by atoms with Crippen molar-refractivity contribution in [1.82, 2.24) is 4.90 Å². The predicted octanol–water partition coefficient (Wildman–Crippen LogP) is 7.04. The number of amides is 1. The molecule has 0 fully saturated rings. The Hall–Kier alpha value is -3.35. The maximum absolute atomic E-state index is 12.8. The van der Waals surface area contributed by atoms with Crippen LogP contribution in [0.1, 0.15) is 31.4 Å². The largest absolute Gasteiger partial charge is 0.375 e. The van der Waals surface area contributed by atoms with Gasteiger partial charge in [-0.3, -0.25) is 9.79 Å². The van der Waals surface area contributed by atoms with Gasteiger partial charge in [0.05, 0.1) is 28.6 Å². The van der Waals surface area contributed by atoms with Crippen molar-refractivity contribution >= 4 is 40.8 Å². The van der Waals surface area contributed by atoms with E-state index < -0.39 is 0 Å². The summed E-state index contributed by atoms with van der Waals surface area (Å²) in [5.74, 6) is -0.299. The van der Waals surface area contributed by atoms with Crippen molar-refractivity contribution in [3.63, 3.8) is 0 Å². The van der Waals surface area contributed by atoms with Crippen LogP contribution < -0.4 is 5.32 Å². The second kappa shape index (κ2) is 12.2. The maximum Gasteiger partial charge on any atom is 0.256 e. The number of aryl methyl sites for hydroxylation is 1. The van der Waals surface area contributed by atoms with E-state index in [1.807, 2.05) is 73.5 Å². The van der Waals surface area contributed by atoms with Crippen LogP contribution in [0.15, 0.2) is 94.6 Å². The number of thioether (sulfide) groups is 1. The minimum absolute atomic E-state index is 0.280. The summed E-state index contributed by atoms with van der Waals surface area (Å²) in [6.07, 6.45) is 4.51. The zero-order chi connectivity index (χ0) is 24.5. The Labute approximate surface area is 206 Å². The molecule has 1 aliphatic rings. The van der Waals surface area contributed by atoms with Gasteiger partial charge in [0, 0.05) is 30.3 Å². The van der Waals surface area contributed by atoms with Gasteiger partial charge in [0.25, 0.3) is 5.91 Å². The number of aliphatic imine (C=N–C) groups is 1. The quantitative estimate of drug-likeness (QED) is 0.228. The molecule has 0 saturated heterocycles. The SMILES string of the molecule is C=C(C=Nc1ccccc1C)C(=O)Nc1ccccc1/C(C)=C/N1C(=C)SC=C1COCCC. The highest BCUT2D eigenvalue weighted by atomic mass is 32.2. The Kier molecular flexibility index (Phi) is 9.08. The molecule has 1 N–H and O–H groups in total. The molecule has 2 aromatic rings. The van der Waals surface area contributed by atoms with Crippen LogP contribution in [0, 0.1) is 6.92 Å². The monoisotopic (exact) mass is 473 g/mol. The zero-order valence-electron chi connectivity index (χ0n) is 20.0. The van der Waals surface area contributed by atoms with Gasteiger partial charge in [-0.2, -0.15) is 0 Å². The molecule has 0 unspecified atom stereocenters. The number of rotatable bonds is 10. The third-order valence-electron chi connectivity index (χ3n) is 5.20. The Morgan fingerprint density at radius 3 is 2.71 bits per heavy atom.